The van der Waals surface area contributed by atoms with Crippen LogP contribution in [0.5, 0.6) is 0 Å². The number of alkyl halides is 1. The lowest BCUT2D eigenvalue weighted by molar-refractivity contribution is 0.176. The Morgan fingerprint density at radius 2 is 1.83 bits per heavy atom. The Kier molecular flexibility index (Phi) is 6.99. The van der Waals surface area contributed by atoms with E-state index in [4.69, 9.17) is 5.26 Å². The minimum Gasteiger partial charge on any atom is -0.230 e. The summed E-state index contributed by atoms with van der Waals surface area (Å²) >= 11 is 0. The third-order valence-corrected chi connectivity index (χ3v) is 5.55. The number of nitrogens with zero attached hydrogens (tertiary/aromatic N) is 1. The van der Waals surface area contributed by atoms with Gasteiger partial charge in [-0.25, -0.2) is 8.78 Å². The van der Waals surface area contributed by atoms with Crippen molar-refractivity contribution in [1.29, 1.82) is 5.26 Å². The van der Waals surface area contributed by atoms with Crippen LogP contribution in [0, 0.1) is 11.3 Å². The fraction of sp³-hybridized carbons (Fsp3) is 0.346. The normalized spacial score (nSPS) is 18.7. The predicted molar refractivity (Wildman–Crippen MR) is 115 cm³/mol. The molecule has 0 aliphatic heterocycles. The zero-order valence-corrected chi connectivity index (χ0v) is 16.9. The van der Waals surface area contributed by atoms with Gasteiger partial charge in [-0.3, -0.25) is 0 Å². The van der Waals surface area contributed by atoms with Crippen LogP contribution < -0.4 is 0 Å². The molecule has 1 atom stereocenters. The Hall–Kier alpha value is -2.73. The van der Waals surface area contributed by atoms with Crippen LogP contribution >= 0.6 is 0 Å². The molecule has 0 spiro atoms. The smallest absolute Gasteiger partial charge is 0.192 e. The first-order valence-electron chi connectivity index (χ1n) is 10.4. The van der Waals surface area contributed by atoms with Crippen molar-refractivity contribution in [2.45, 2.75) is 57.5 Å². The highest BCUT2D eigenvalue weighted by atomic mass is 19.2. The van der Waals surface area contributed by atoms with E-state index >= 15 is 4.39 Å². The molecule has 0 amide bonds. The summed E-state index contributed by atoms with van der Waals surface area (Å²) in [6, 6.07) is 16.9. The van der Waals surface area contributed by atoms with Crippen LogP contribution in [0.25, 0.3) is 11.1 Å². The summed E-state index contributed by atoms with van der Waals surface area (Å²) in [5, 5.41) is 9.13. The van der Waals surface area contributed by atoms with Gasteiger partial charge in [0.15, 0.2) is 11.5 Å². The first kappa shape index (κ1) is 21.0. The molecule has 2 aromatic rings. The van der Waals surface area contributed by atoms with Crippen LogP contribution in [-0.2, 0) is 12.1 Å². The van der Waals surface area contributed by atoms with E-state index in [0.29, 0.717) is 5.56 Å². The van der Waals surface area contributed by atoms with E-state index in [1.165, 1.54) is 43.4 Å². The highest BCUT2D eigenvalue weighted by Gasteiger charge is 2.41. The highest BCUT2D eigenvalue weighted by molar-refractivity contribution is 5.70. The third-order valence-electron chi connectivity index (χ3n) is 5.55. The molecule has 0 heterocycles. The summed E-state index contributed by atoms with van der Waals surface area (Å²) in [7, 11) is 0. The molecular formula is C26H27F2N. The largest absolute Gasteiger partial charge is 0.230 e. The van der Waals surface area contributed by atoms with Crippen molar-refractivity contribution in [3.63, 3.8) is 0 Å². The summed E-state index contributed by atoms with van der Waals surface area (Å²) < 4.78 is 30.7. The van der Waals surface area contributed by atoms with Crippen molar-refractivity contribution in [1.82, 2.24) is 0 Å². The zero-order valence-electron chi connectivity index (χ0n) is 16.9. The summed E-state index contributed by atoms with van der Waals surface area (Å²) in [4.78, 5) is 0. The van der Waals surface area contributed by atoms with E-state index in [1.807, 2.05) is 24.3 Å². The van der Waals surface area contributed by atoms with Crippen LogP contribution in [0.1, 0.15) is 56.6 Å². The number of rotatable bonds is 8. The fourth-order valence-electron chi connectivity index (χ4n) is 3.94. The fourth-order valence-corrected chi connectivity index (χ4v) is 3.94. The summed E-state index contributed by atoms with van der Waals surface area (Å²) in [6.07, 6.45) is 9.85. The standard InChI is InChI=1S/C26H27F2N/c1-2-3-4-5-6-11-20-12-9-13-21(18-20)23-15-7-8-16-24(23)26(28)17-10-14-22(19-29)25(26)27/h7-10,12-16,18H,2-6,11,17H2,1H3. The van der Waals surface area contributed by atoms with Crippen LogP contribution in [0.2, 0.25) is 0 Å². The van der Waals surface area contributed by atoms with Crippen LogP contribution in [0.4, 0.5) is 8.78 Å². The first-order chi connectivity index (χ1) is 14.1. The number of allylic oxidation sites excluding steroid dienone is 4. The molecular weight excluding hydrogens is 364 g/mol. The Morgan fingerprint density at radius 1 is 1.03 bits per heavy atom. The maximum absolute atomic E-state index is 15.9. The molecule has 0 radical (unpaired) electrons. The van der Waals surface area contributed by atoms with Crippen molar-refractivity contribution in [3.05, 3.63) is 83.2 Å². The van der Waals surface area contributed by atoms with Gasteiger partial charge in [0, 0.05) is 12.0 Å². The Morgan fingerprint density at radius 3 is 2.62 bits per heavy atom. The average molecular weight is 392 g/mol. The van der Waals surface area contributed by atoms with Crippen LogP contribution in [0.15, 0.2) is 72.1 Å². The Bertz CT molecular complexity index is 951. The van der Waals surface area contributed by atoms with Gasteiger partial charge >= 0.3 is 0 Å². The molecule has 3 rings (SSSR count). The second kappa shape index (κ2) is 9.65. The Labute approximate surface area is 172 Å². The minimum absolute atomic E-state index is 0.113. The second-order valence-electron chi connectivity index (χ2n) is 7.66. The van der Waals surface area contributed by atoms with Gasteiger partial charge < -0.3 is 0 Å². The van der Waals surface area contributed by atoms with E-state index < -0.39 is 11.5 Å². The number of benzene rings is 2. The molecule has 29 heavy (non-hydrogen) atoms. The molecule has 150 valence electrons. The van der Waals surface area contributed by atoms with Crippen molar-refractivity contribution in [2.75, 3.05) is 0 Å². The van der Waals surface area contributed by atoms with Gasteiger partial charge in [-0.2, -0.15) is 5.26 Å². The van der Waals surface area contributed by atoms with Gasteiger partial charge in [0.1, 0.15) is 6.07 Å². The molecule has 1 aliphatic carbocycles. The summed E-state index contributed by atoms with van der Waals surface area (Å²) in [5.74, 6) is -0.998. The van der Waals surface area contributed by atoms with Crippen molar-refractivity contribution in [3.8, 4) is 17.2 Å². The van der Waals surface area contributed by atoms with Crippen molar-refractivity contribution >= 4 is 0 Å². The average Bonchev–Trinajstić information content (AvgIpc) is 2.76. The van der Waals surface area contributed by atoms with Gasteiger partial charge in [-0.1, -0.05) is 87.2 Å². The molecule has 0 saturated carbocycles. The molecule has 0 saturated heterocycles. The Balaban J connectivity index is 1.90. The number of halogens is 2. The van der Waals surface area contributed by atoms with Gasteiger partial charge in [-0.15, -0.1) is 0 Å². The minimum atomic E-state index is -2.31. The molecule has 1 aliphatic rings. The molecule has 1 unspecified atom stereocenters. The summed E-state index contributed by atoms with van der Waals surface area (Å²) in [5.41, 5.74) is 0.477. The van der Waals surface area contributed by atoms with Crippen molar-refractivity contribution < 1.29 is 8.78 Å². The molecule has 3 heteroatoms. The topological polar surface area (TPSA) is 23.8 Å². The lowest BCUT2D eigenvalue weighted by atomic mass is 9.81. The summed E-state index contributed by atoms with van der Waals surface area (Å²) in [6.45, 7) is 2.21. The lowest BCUT2D eigenvalue weighted by Crippen LogP contribution is -2.24. The molecule has 1 nitrogen and oxygen atoms in total. The lowest BCUT2D eigenvalue weighted by Gasteiger charge is -2.28. The predicted octanol–water partition coefficient (Wildman–Crippen LogP) is 7.74. The number of hydrogen-bond donors (Lipinski definition) is 0. The van der Waals surface area contributed by atoms with Gasteiger partial charge in [0.05, 0.1) is 5.57 Å². The quantitative estimate of drug-likeness (QED) is 0.422. The third kappa shape index (κ3) is 4.65. The van der Waals surface area contributed by atoms with E-state index in [1.54, 1.807) is 18.2 Å². The SMILES string of the molecule is CCCCCCCc1cccc(-c2ccccc2C2(F)CC=CC(C#N)=C2F)c1. The number of aryl methyl sites for hydroxylation is 1. The van der Waals surface area contributed by atoms with Crippen LogP contribution in [-0.4, -0.2) is 0 Å². The van der Waals surface area contributed by atoms with Gasteiger partial charge in [0.2, 0.25) is 0 Å². The maximum Gasteiger partial charge on any atom is 0.192 e. The van der Waals surface area contributed by atoms with Gasteiger partial charge in [-0.05, 0) is 35.6 Å². The second-order valence-corrected chi connectivity index (χ2v) is 7.66. The van der Waals surface area contributed by atoms with Crippen molar-refractivity contribution in [2.24, 2.45) is 0 Å². The zero-order chi connectivity index (χ0) is 20.7. The monoisotopic (exact) mass is 391 g/mol. The van der Waals surface area contributed by atoms with E-state index in [0.717, 1.165) is 18.4 Å². The first-order valence-corrected chi connectivity index (χ1v) is 10.4. The maximum atomic E-state index is 15.9. The molecule has 0 bridgehead atoms. The molecule has 2 aromatic carbocycles. The molecule has 0 fully saturated rings. The molecule has 0 aromatic heterocycles. The number of unbranched alkanes of at least 4 members (excludes halogenated alkanes) is 4. The van der Waals surface area contributed by atoms with Crippen LogP contribution in [0.3, 0.4) is 0 Å². The van der Waals surface area contributed by atoms with Gasteiger partial charge in [0.25, 0.3) is 0 Å². The number of hydrogen-bond acceptors (Lipinski definition) is 1. The number of nitriles is 1. The molecule has 0 N–H and O–H groups in total. The van der Waals surface area contributed by atoms with E-state index in [9.17, 15) is 4.39 Å². The van der Waals surface area contributed by atoms with E-state index in [2.05, 4.69) is 19.1 Å². The van der Waals surface area contributed by atoms with E-state index in [-0.39, 0.29) is 17.6 Å². The highest BCUT2D eigenvalue weighted by Crippen LogP contribution is 2.46.